The largest absolute Gasteiger partial charge is 0.310 e. The van der Waals surface area contributed by atoms with Gasteiger partial charge in [-0.15, -0.1) is 11.3 Å². The number of hydrogen-bond donors (Lipinski definition) is 1. The van der Waals surface area contributed by atoms with Crippen LogP contribution < -0.4 is 5.32 Å². The van der Waals surface area contributed by atoms with Gasteiger partial charge < -0.3 is 5.32 Å². The highest BCUT2D eigenvalue weighted by atomic mass is 79.9. The van der Waals surface area contributed by atoms with Gasteiger partial charge in [-0.25, -0.2) is 0 Å². The van der Waals surface area contributed by atoms with Crippen LogP contribution in [-0.4, -0.2) is 15.8 Å². The van der Waals surface area contributed by atoms with E-state index < -0.39 is 0 Å². The summed E-state index contributed by atoms with van der Waals surface area (Å²) in [6.07, 6.45) is 4.75. The van der Waals surface area contributed by atoms with Gasteiger partial charge in [-0.3, -0.25) is 4.68 Å². The van der Waals surface area contributed by atoms with Crippen LogP contribution in [0, 0.1) is 0 Å². The molecule has 90 valence electrons. The Kier molecular flexibility index (Phi) is 3.06. The van der Waals surface area contributed by atoms with Gasteiger partial charge in [0.05, 0.1) is 8.66 Å². The highest BCUT2D eigenvalue weighted by Crippen LogP contribution is 2.32. The van der Waals surface area contributed by atoms with Crippen molar-refractivity contribution in [1.29, 1.82) is 0 Å². The van der Waals surface area contributed by atoms with Gasteiger partial charge in [-0.2, -0.15) is 5.10 Å². The second-order valence-corrected chi connectivity index (χ2v) is 6.90. The molecule has 3 rings (SSSR count). The van der Waals surface area contributed by atoms with Crippen molar-refractivity contribution in [2.75, 3.05) is 0 Å². The Morgan fingerprint density at radius 3 is 3.00 bits per heavy atom. The summed E-state index contributed by atoms with van der Waals surface area (Å²) in [5.74, 6) is 0. The standard InChI is InChI=1S/C12H14BrN3S/c1-16-7-8(6-14-9-2-3-9)12(15-16)10-4-5-11(13)17-10/h4-5,7,9,14H,2-3,6H2,1H3. The molecule has 1 N–H and O–H groups in total. The van der Waals surface area contributed by atoms with Crippen LogP contribution in [0.4, 0.5) is 0 Å². The Morgan fingerprint density at radius 2 is 2.35 bits per heavy atom. The van der Waals surface area contributed by atoms with E-state index in [1.165, 1.54) is 23.3 Å². The summed E-state index contributed by atoms with van der Waals surface area (Å²) in [5, 5.41) is 8.10. The molecule has 0 aliphatic heterocycles. The van der Waals surface area contributed by atoms with Crippen LogP contribution in [0.5, 0.6) is 0 Å². The minimum atomic E-state index is 0.734. The SMILES string of the molecule is Cn1cc(CNC2CC2)c(-c2ccc(Br)s2)n1. The van der Waals surface area contributed by atoms with Crippen molar-refractivity contribution < 1.29 is 0 Å². The van der Waals surface area contributed by atoms with Crippen molar-refractivity contribution in [3.05, 3.63) is 27.7 Å². The van der Waals surface area contributed by atoms with Gasteiger partial charge in [0.1, 0.15) is 5.69 Å². The van der Waals surface area contributed by atoms with Gasteiger partial charge in [-0.05, 0) is 40.9 Å². The number of thiophene rings is 1. The van der Waals surface area contributed by atoms with E-state index in [4.69, 9.17) is 0 Å². The molecule has 1 fully saturated rings. The van der Waals surface area contributed by atoms with Gasteiger partial charge in [0.2, 0.25) is 0 Å². The molecule has 2 aromatic heterocycles. The Bertz CT molecular complexity index is 528. The van der Waals surface area contributed by atoms with Crippen LogP contribution >= 0.6 is 27.3 Å². The minimum Gasteiger partial charge on any atom is -0.310 e. The quantitative estimate of drug-likeness (QED) is 0.940. The Morgan fingerprint density at radius 1 is 1.53 bits per heavy atom. The summed E-state index contributed by atoms with van der Waals surface area (Å²) in [6.45, 7) is 0.920. The summed E-state index contributed by atoms with van der Waals surface area (Å²) >= 11 is 5.23. The van der Waals surface area contributed by atoms with E-state index in [-0.39, 0.29) is 0 Å². The van der Waals surface area contributed by atoms with Crippen molar-refractivity contribution in [2.24, 2.45) is 7.05 Å². The smallest absolute Gasteiger partial charge is 0.107 e. The van der Waals surface area contributed by atoms with E-state index in [2.05, 4.69) is 44.7 Å². The van der Waals surface area contributed by atoms with Crippen molar-refractivity contribution in [3.8, 4) is 10.6 Å². The maximum absolute atomic E-state index is 4.56. The number of aryl methyl sites for hydroxylation is 1. The molecule has 1 aliphatic rings. The number of hydrogen-bond acceptors (Lipinski definition) is 3. The monoisotopic (exact) mass is 311 g/mol. The molecule has 0 spiro atoms. The van der Waals surface area contributed by atoms with Crippen LogP contribution in [0.2, 0.25) is 0 Å². The van der Waals surface area contributed by atoms with Crippen LogP contribution in [0.15, 0.2) is 22.1 Å². The molecule has 0 aromatic carbocycles. The van der Waals surface area contributed by atoms with Crippen molar-refractivity contribution >= 4 is 27.3 Å². The summed E-state index contributed by atoms with van der Waals surface area (Å²) in [4.78, 5) is 1.23. The fourth-order valence-electron chi connectivity index (χ4n) is 1.86. The lowest BCUT2D eigenvalue weighted by Crippen LogP contribution is -2.15. The third kappa shape index (κ3) is 2.61. The molecule has 1 aliphatic carbocycles. The third-order valence-corrected chi connectivity index (χ3v) is 4.50. The molecule has 17 heavy (non-hydrogen) atoms. The topological polar surface area (TPSA) is 29.9 Å². The lowest BCUT2D eigenvalue weighted by molar-refractivity contribution is 0.687. The number of halogens is 1. The highest BCUT2D eigenvalue weighted by Gasteiger charge is 2.21. The fourth-order valence-corrected chi connectivity index (χ4v) is 3.26. The lowest BCUT2D eigenvalue weighted by Gasteiger charge is -2.01. The van der Waals surface area contributed by atoms with E-state index in [0.29, 0.717) is 0 Å². The molecular weight excluding hydrogens is 298 g/mol. The minimum absolute atomic E-state index is 0.734. The molecule has 0 bridgehead atoms. The summed E-state index contributed by atoms with van der Waals surface area (Å²) < 4.78 is 3.05. The summed E-state index contributed by atoms with van der Waals surface area (Å²) in [5.41, 5.74) is 2.39. The second kappa shape index (κ2) is 4.55. The fraction of sp³-hybridized carbons (Fsp3) is 0.417. The first-order chi connectivity index (χ1) is 8.22. The molecule has 0 atom stereocenters. The molecule has 1 saturated carbocycles. The molecule has 0 radical (unpaired) electrons. The summed E-state index contributed by atoms with van der Waals surface area (Å²) in [7, 11) is 1.98. The maximum Gasteiger partial charge on any atom is 0.107 e. The first kappa shape index (κ1) is 11.4. The highest BCUT2D eigenvalue weighted by molar-refractivity contribution is 9.11. The average molecular weight is 312 g/mol. The number of rotatable bonds is 4. The maximum atomic E-state index is 4.56. The molecule has 5 heteroatoms. The van der Waals surface area contributed by atoms with Crippen molar-refractivity contribution in [1.82, 2.24) is 15.1 Å². The molecule has 0 unspecified atom stereocenters. The molecule has 2 heterocycles. The predicted octanol–water partition coefficient (Wildman–Crippen LogP) is 3.16. The van der Waals surface area contributed by atoms with Crippen molar-refractivity contribution in [2.45, 2.75) is 25.4 Å². The molecule has 0 amide bonds. The first-order valence-electron chi connectivity index (χ1n) is 5.74. The van der Waals surface area contributed by atoms with E-state index in [9.17, 15) is 0 Å². The van der Waals surface area contributed by atoms with Gasteiger partial charge >= 0.3 is 0 Å². The van der Waals surface area contributed by atoms with Gasteiger partial charge in [0.15, 0.2) is 0 Å². The Hall–Kier alpha value is -0.650. The van der Waals surface area contributed by atoms with Gasteiger partial charge in [0.25, 0.3) is 0 Å². The van der Waals surface area contributed by atoms with E-state index in [0.717, 1.165) is 22.1 Å². The van der Waals surface area contributed by atoms with E-state index >= 15 is 0 Å². The zero-order valence-electron chi connectivity index (χ0n) is 9.61. The van der Waals surface area contributed by atoms with Gasteiger partial charge in [-0.1, -0.05) is 0 Å². The molecule has 3 nitrogen and oxygen atoms in total. The van der Waals surface area contributed by atoms with E-state index in [1.54, 1.807) is 11.3 Å². The van der Waals surface area contributed by atoms with Crippen molar-refractivity contribution in [3.63, 3.8) is 0 Å². The van der Waals surface area contributed by atoms with Crippen LogP contribution in [-0.2, 0) is 13.6 Å². The molecular formula is C12H14BrN3S. The van der Waals surface area contributed by atoms with Crippen LogP contribution in [0.3, 0.4) is 0 Å². The predicted molar refractivity (Wildman–Crippen MR) is 74.1 cm³/mol. The zero-order chi connectivity index (χ0) is 11.8. The third-order valence-electron chi connectivity index (χ3n) is 2.87. The molecule has 2 aromatic rings. The molecule has 0 saturated heterocycles. The number of nitrogens with zero attached hydrogens (tertiary/aromatic N) is 2. The second-order valence-electron chi connectivity index (χ2n) is 4.44. The van der Waals surface area contributed by atoms with Gasteiger partial charge in [0, 0.05) is 31.4 Å². The van der Waals surface area contributed by atoms with E-state index in [1.807, 2.05) is 11.7 Å². The van der Waals surface area contributed by atoms with Crippen LogP contribution in [0.1, 0.15) is 18.4 Å². The zero-order valence-corrected chi connectivity index (χ0v) is 12.0. The number of nitrogens with one attached hydrogen (secondary N) is 1. The first-order valence-corrected chi connectivity index (χ1v) is 7.35. The Labute approximate surface area is 113 Å². The lowest BCUT2D eigenvalue weighted by atomic mass is 10.2. The Balaban J connectivity index is 1.86. The summed E-state index contributed by atoms with van der Waals surface area (Å²) in [6, 6.07) is 4.93. The normalized spacial score (nSPS) is 15.4. The van der Waals surface area contributed by atoms with Crippen LogP contribution in [0.25, 0.3) is 10.6 Å². The number of aromatic nitrogens is 2. The average Bonchev–Trinajstić information content (AvgIpc) is 2.91.